The molecular weight excluding hydrogens is 596 g/mol. The van der Waals surface area contributed by atoms with Gasteiger partial charge in [-0.3, -0.25) is 4.79 Å². The molecule has 0 atom stereocenters. The summed E-state index contributed by atoms with van der Waals surface area (Å²) in [6.07, 6.45) is 15.7. The third-order valence-corrected chi connectivity index (χ3v) is 10.8. The molecule has 6 heterocycles. The smallest absolute Gasteiger partial charge is 0.278 e. The van der Waals surface area contributed by atoms with Crippen molar-refractivity contribution in [2.45, 2.75) is 114 Å². The van der Waals surface area contributed by atoms with Gasteiger partial charge in [0, 0.05) is 37.0 Å². The van der Waals surface area contributed by atoms with Gasteiger partial charge in [-0.1, -0.05) is 70.4 Å². The maximum Gasteiger partial charge on any atom is 0.278 e. The topological polar surface area (TPSA) is 88.2 Å². The Morgan fingerprint density at radius 1 is 1.02 bits per heavy atom. The lowest BCUT2D eigenvalue weighted by Crippen LogP contribution is -2.34. The number of alkyl halides is 2. The van der Waals surface area contributed by atoms with Gasteiger partial charge < -0.3 is 20.7 Å². The predicted molar refractivity (Wildman–Crippen MR) is 184 cm³/mol. The number of benzene rings is 2. The molecule has 2 aromatic carbocycles. The highest BCUT2D eigenvalue weighted by atomic mass is 19.3. The number of carbonyl (C=O) groups excluding carboxylic acids is 1. The highest BCUT2D eigenvalue weighted by molar-refractivity contribution is 6.00. The van der Waals surface area contributed by atoms with Crippen molar-refractivity contribution in [3.63, 3.8) is 0 Å². The molecule has 7 aliphatic rings. The maximum atomic E-state index is 15.5. The summed E-state index contributed by atoms with van der Waals surface area (Å²) in [5.41, 5.74) is 3.75. The Balaban J connectivity index is 1.38. The summed E-state index contributed by atoms with van der Waals surface area (Å²) in [7, 11) is 3.28. The van der Waals surface area contributed by atoms with Gasteiger partial charge in [-0.05, 0) is 73.1 Å². The number of amides is 1. The molecule has 10 rings (SSSR count). The van der Waals surface area contributed by atoms with Crippen LogP contribution in [0.4, 0.5) is 31.9 Å². The number of ether oxygens (including phenoxy) is 1. The first-order valence-electron chi connectivity index (χ1n) is 17.6. The first kappa shape index (κ1) is 33.2. The van der Waals surface area contributed by atoms with E-state index in [1.807, 2.05) is 30.3 Å². The number of halogens is 2. The second-order valence-electron chi connectivity index (χ2n) is 13.9. The van der Waals surface area contributed by atoms with E-state index in [1.165, 1.54) is 76.0 Å². The fourth-order valence-electron chi connectivity index (χ4n) is 7.89. The van der Waals surface area contributed by atoms with Gasteiger partial charge in [-0.2, -0.15) is 4.98 Å². The van der Waals surface area contributed by atoms with E-state index in [0.29, 0.717) is 29.3 Å². The standard InChI is InChI=1S/C38H49F2N5O2/c1-4-16-38(39,40)31-24-42-36-43-28-13-14-30(33(23-28)47-3)37(18-10-19-37)17-9-7-5-6-8-11-25-20-27(21-25)26-12-15-32(44-34(31)45-36)29(22-26)35(46)41-2/h12-15,22-25,27H,4-11,16-21H2,1-3H3,(H,41,46)(H2,42,43,44,45). The Labute approximate surface area is 277 Å². The number of fused-ring (bicyclic) bond motifs is 1. The first-order chi connectivity index (χ1) is 22.7. The van der Waals surface area contributed by atoms with Crippen LogP contribution < -0.4 is 20.7 Å². The van der Waals surface area contributed by atoms with Crippen LogP contribution in [0.5, 0.6) is 5.75 Å². The molecule has 8 bridgehead atoms. The van der Waals surface area contributed by atoms with Crippen LogP contribution in [0.2, 0.25) is 0 Å². The summed E-state index contributed by atoms with van der Waals surface area (Å²) in [6, 6.07) is 11.8. The monoisotopic (exact) mass is 645 g/mol. The molecule has 1 spiro atoms. The number of nitrogens with zero attached hydrogens (tertiary/aromatic N) is 2. The van der Waals surface area contributed by atoms with E-state index in [0.717, 1.165) is 30.1 Å². The number of carbonyl (C=O) groups is 1. The molecular formula is C38H49F2N5O2. The van der Waals surface area contributed by atoms with Gasteiger partial charge in [0.2, 0.25) is 5.95 Å². The lowest BCUT2D eigenvalue weighted by Gasteiger charge is -2.43. The minimum Gasteiger partial charge on any atom is -0.496 e. The van der Waals surface area contributed by atoms with E-state index in [2.05, 4.69) is 32.0 Å². The zero-order chi connectivity index (χ0) is 33.0. The summed E-state index contributed by atoms with van der Waals surface area (Å²) in [5, 5.41) is 9.06. The molecule has 0 radical (unpaired) electrons. The molecule has 7 nitrogen and oxygen atoms in total. The summed E-state index contributed by atoms with van der Waals surface area (Å²) in [6.45, 7) is 1.72. The molecule has 1 aromatic heterocycles. The van der Waals surface area contributed by atoms with E-state index in [9.17, 15) is 4.79 Å². The largest absolute Gasteiger partial charge is 0.496 e. The van der Waals surface area contributed by atoms with Crippen molar-refractivity contribution in [2.24, 2.45) is 5.92 Å². The van der Waals surface area contributed by atoms with Gasteiger partial charge in [-0.15, -0.1) is 0 Å². The van der Waals surface area contributed by atoms with Crippen molar-refractivity contribution >= 4 is 29.0 Å². The zero-order valence-electron chi connectivity index (χ0n) is 28.1. The fraction of sp³-hybridized carbons (Fsp3) is 0.553. The van der Waals surface area contributed by atoms with Crippen LogP contribution >= 0.6 is 0 Å². The minimum absolute atomic E-state index is 0.0333. The Hall–Kier alpha value is -3.75. The molecule has 3 N–H and O–H groups in total. The van der Waals surface area contributed by atoms with Crippen molar-refractivity contribution in [3.05, 3.63) is 64.8 Å². The molecule has 47 heavy (non-hydrogen) atoms. The molecule has 252 valence electrons. The Morgan fingerprint density at radius 3 is 2.51 bits per heavy atom. The van der Waals surface area contributed by atoms with Crippen molar-refractivity contribution in [2.75, 3.05) is 24.8 Å². The number of methoxy groups -OCH3 is 1. The van der Waals surface area contributed by atoms with Gasteiger partial charge in [0.25, 0.3) is 11.8 Å². The summed E-state index contributed by atoms with van der Waals surface area (Å²) >= 11 is 0. The van der Waals surface area contributed by atoms with Gasteiger partial charge in [0.05, 0.1) is 23.9 Å². The second kappa shape index (κ2) is 14.2. The molecule has 2 aliphatic carbocycles. The summed E-state index contributed by atoms with van der Waals surface area (Å²) < 4.78 is 36.9. The molecule has 2 fully saturated rings. The Bertz CT molecular complexity index is 1570. The molecule has 1 amide bonds. The zero-order valence-corrected chi connectivity index (χ0v) is 28.1. The van der Waals surface area contributed by atoms with Crippen LogP contribution in [0.25, 0.3) is 0 Å². The van der Waals surface area contributed by atoms with Crippen LogP contribution in [-0.2, 0) is 11.3 Å². The van der Waals surface area contributed by atoms with Crippen LogP contribution in [0, 0.1) is 5.92 Å². The second-order valence-corrected chi connectivity index (χ2v) is 13.9. The summed E-state index contributed by atoms with van der Waals surface area (Å²) in [5.74, 6) is -1.35. The van der Waals surface area contributed by atoms with E-state index < -0.39 is 5.92 Å². The molecule has 5 aliphatic heterocycles. The molecule has 0 unspecified atom stereocenters. The van der Waals surface area contributed by atoms with Crippen molar-refractivity contribution in [1.29, 1.82) is 0 Å². The van der Waals surface area contributed by atoms with Gasteiger partial charge >= 0.3 is 0 Å². The average molecular weight is 646 g/mol. The van der Waals surface area contributed by atoms with Gasteiger partial charge in [0.15, 0.2) is 0 Å². The van der Waals surface area contributed by atoms with E-state index in [-0.39, 0.29) is 35.1 Å². The van der Waals surface area contributed by atoms with Crippen molar-refractivity contribution in [3.8, 4) is 5.75 Å². The summed E-state index contributed by atoms with van der Waals surface area (Å²) in [4.78, 5) is 22.0. The van der Waals surface area contributed by atoms with Crippen LogP contribution in [0.15, 0.2) is 42.6 Å². The number of nitrogens with one attached hydrogen (secondary N) is 3. The van der Waals surface area contributed by atoms with Crippen LogP contribution in [0.3, 0.4) is 0 Å². The van der Waals surface area contributed by atoms with E-state index in [4.69, 9.17) is 4.74 Å². The lowest BCUT2D eigenvalue weighted by molar-refractivity contribution is -0.0138. The lowest BCUT2D eigenvalue weighted by atomic mass is 9.61. The molecule has 0 saturated heterocycles. The van der Waals surface area contributed by atoms with E-state index in [1.54, 1.807) is 21.1 Å². The predicted octanol–water partition coefficient (Wildman–Crippen LogP) is 9.88. The Morgan fingerprint density at radius 2 is 1.79 bits per heavy atom. The Kier molecular flexibility index (Phi) is 9.99. The number of aromatic nitrogens is 2. The van der Waals surface area contributed by atoms with Crippen molar-refractivity contribution in [1.82, 2.24) is 15.3 Å². The molecule has 2 saturated carbocycles. The quantitative estimate of drug-likeness (QED) is 0.256. The number of hydrogen-bond acceptors (Lipinski definition) is 6. The maximum absolute atomic E-state index is 15.5. The highest BCUT2D eigenvalue weighted by Crippen LogP contribution is 2.51. The molecule has 9 heteroatoms. The van der Waals surface area contributed by atoms with Crippen LogP contribution in [-0.4, -0.2) is 30.0 Å². The number of hydrogen-bond donors (Lipinski definition) is 3. The van der Waals surface area contributed by atoms with E-state index >= 15 is 8.78 Å². The molecule has 3 aromatic rings. The SMILES string of the molecule is CCCC(F)(F)c1cnc2nc1Nc1ccc(cc1C(=O)NC)C1CC(CCCCCCCC3(CCC3)c3ccc(cc3OC)N2)C1. The minimum atomic E-state index is -3.16. The third kappa shape index (κ3) is 7.09. The number of rotatable bonds is 5. The van der Waals surface area contributed by atoms with Crippen molar-refractivity contribution < 1.29 is 18.3 Å². The highest BCUT2D eigenvalue weighted by Gasteiger charge is 2.40. The van der Waals surface area contributed by atoms with Gasteiger partial charge in [0.1, 0.15) is 11.6 Å². The average Bonchev–Trinajstić information content (AvgIpc) is 3.02. The third-order valence-electron chi connectivity index (χ3n) is 10.8. The fourth-order valence-corrected chi connectivity index (χ4v) is 7.89. The normalized spacial score (nSPS) is 21.0. The van der Waals surface area contributed by atoms with Crippen LogP contribution in [0.1, 0.15) is 130 Å². The number of anilines is 4. The first-order valence-corrected chi connectivity index (χ1v) is 17.6. The van der Waals surface area contributed by atoms with Gasteiger partial charge in [-0.25, -0.2) is 13.8 Å².